The van der Waals surface area contributed by atoms with E-state index in [2.05, 4.69) is 25.1 Å². The minimum absolute atomic E-state index is 0.881. The molecule has 1 aliphatic carbocycles. The van der Waals surface area contributed by atoms with Gasteiger partial charge in [-0.1, -0.05) is 12.1 Å². The third-order valence-corrected chi connectivity index (χ3v) is 2.76. The summed E-state index contributed by atoms with van der Waals surface area (Å²) in [5, 5.41) is 0. The minimum atomic E-state index is 0.881. The van der Waals surface area contributed by atoms with Gasteiger partial charge in [0, 0.05) is 5.69 Å². The van der Waals surface area contributed by atoms with E-state index in [9.17, 15) is 0 Å². The molecule has 0 amide bonds. The van der Waals surface area contributed by atoms with Gasteiger partial charge in [-0.3, -0.25) is 0 Å². The number of hydrogen-bond donors (Lipinski definition) is 1. The molecule has 0 aliphatic heterocycles. The van der Waals surface area contributed by atoms with Crippen LogP contribution in [0.3, 0.4) is 0 Å². The molecule has 0 saturated carbocycles. The van der Waals surface area contributed by atoms with E-state index in [0.717, 1.165) is 5.69 Å². The van der Waals surface area contributed by atoms with Crippen LogP contribution in [0.4, 0.5) is 5.69 Å². The van der Waals surface area contributed by atoms with E-state index in [1.165, 1.54) is 42.4 Å². The summed E-state index contributed by atoms with van der Waals surface area (Å²) in [7, 11) is 0. The van der Waals surface area contributed by atoms with Crippen molar-refractivity contribution in [3.05, 3.63) is 35.4 Å². The first-order valence-electron chi connectivity index (χ1n) is 5.32. The van der Waals surface area contributed by atoms with Gasteiger partial charge >= 0.3 is 0 Å². The Morgan fingerprint density at radius 1 is 1.14 bits per heavy atom. The average Bonchev–Trinajstić information content (AvgIpc) is 2.18. The number of hydrogen-bond acceptors (Lipinski definition) is 1. The maximum Gasteiger partial charge on any atom is 0.0322 e. The van der Waals surface area contributed by atoms with E-state index >= 15 is 0 Å². The topological polar surface area (TPSA) is 26.0 Å². The van der Waals surface area contributed by atoms with Gasteiger partial charge in [0.15, 0.2) is 0 Å². The van der Waals surface area contributed by atoms with Crippen molar-refractivity contribution in [3.8, 4) is 0 Å². The van der Waals surface area contributed by atoms with Crippen LogP contribution < -0.4 is 5.73 Å². The summed E-state index contributed by atoms with van der Waals surface area (Å²) in [6.07, 6.45) is 7.45. The molecule has 0 spiro atoms. The molecule has 1 nitrogen and oxygen atoms in total. The Morgan fingerprint density at radius 2 is 2.00 bits per heavy atom. The Morgan fingerprint density at radius 3 is 2.64 bits per heavy atom. The summed E-state index contributed by atoms with van der Waals surface area (Å²) in [5.41, 5.74) is 10.8. The van der Waals surface area contributed by atoms with E-state index in [-0.39, 0.29) is 0 Å². The highest BCUT2D eigenvalue weighted by molar-refractivity contribution is 5.69. The number of nitrogens with two attached hydrogens (primary N) is 1. The SMILES string of the molecule is Cc1cc(N)cc(C2=CCCCC2)c1. The number of benzene rings is 1. The molecule has 2 rings (SSSR count). The van der Waals surface area contributed by atoms with Crippen LogP contribution in [0.1, 0.15) is 36.8 Å². The fraction of sp³-hybridized carbons (Fsp3) is 0.385. The number of nitrogen functional groups attached to an aromatic ring is 1. The lowest BCUT2D eigenvalue weighted by Crippen LogP contribution is -1.94. The van der Waals surface area contributed by atoms with E-state index in [1.807, 2.05) is 6.07 Å². The van der Waals surface area contributed by atoms with Gasteiger partial charge in [-0.2, -0.15) is 0 Å². The molecule has 74 valence electrons. The Kier molecular flexibility index (Phi) is 2.58. The third-order valence-electron chi connectivity index (χ3n) is 2.76. The summed E-state index contributed by atoms with van der Waals surface area (Å²) in [6.45, 7) is 2.10. The molecule has 1 aliphatic rings. The number of allylic oxidation sites excluding steroid dienone is 2. The molecular weight excluding hydrogens is 170 g/mol. The van der Waals surface area contributed by atoms with Crippen LogP contribution in [0.25, 0.3) is 5.57 Å². The van der Waals surface area contributed by atoms with Crippen LogP contribution in [0.15, 0.2) is 24.3 Å². The Balaban J connectivity index is 2.35. The lowest BCUT2D eigenvalue weighted by atomic mass is 9.92. The first-order chi connectivity index (χ1) is 6.75. The predicted octanol–water partition coefficient (Wildman–Crippen LogP) is 3.53. The largest absolute Gasteiger partial charge is 0.399 e. The molecule has 0 saturated heterocycles. The Bertz CT molecular complexity index is 343. The molecule has 0 aromatic heterocycles. The molecule has 0 unspecified atom stereocenters. The van der Waals surface area contributed by atoms with E-state index in [4.69, 9.17) is 5.73 Å². The predicted molar refractivity (Wildman–Crippen MR) is 62.0 cm³/mol. The molecular formula is C13H17N. The molecule has 0 atom stereocenters. The van der Waals surface area contributed by atoms with E-state index < -0.39 is 0 Å². The Labute approximate surface area is 85.6 Å². The van der Waals surface area contributed by atoms with E-state index in [1.54, 1.807) is 0 Å². The quantitative estimate of drug-likeness (QED) is 0.669. The summed E-state index contributed by atoms with van der Waals surface area (Å²) in [6, 6.07) is 6.34. The highest BCUT2D eigenvalue weighted by Gasteiger charge is 2.06. The van der Waals surface area contributed by atoms with Crippen molar-refractivity contribution in [2.24, 2.45) is 0 Å². The van der Waals surface area contributed by atoms with Crippen LogP contribution in [-0.2, 0) is 0 Å². The van der Waals surface area contributed by atoms with Crippen molar-refractivity contribution in [2.45, 2.75) is 32.6 Å². The van der Waals surface area contributed by atoms with Crippen molar-refractivity contribution in [1.29, 1.82) is 0 Å². The summed E-state index contributed by atoms with van der Waals surface area (Å²) >= 11 is 0. The van der Waals surface area contributed by atoms with Gasteiger partial charge in [0.05, 0.1) is 0 Å². The fourth-order valence-corrected chi connectivity index (χ4v) is 2.10. The summed E-state index contributed by atoms with van der Waals surface area (Å²) in [5.74, 6) is 0. The molecule has 1 aromatic rings. The van der Waals surface area contributed by atoms with Crippen LogP contribution >= 0.6 is 0 Å². The second-order valence-electron chi connectivity index (χ2n) is 4.11. The first-order valence-corrected chi connectivity index (χ1v) is 5.32. The zero-order valence-electron chi connectivity index (χ0n) is 8.72. The summed E-state index contributed by atoms with van der Waals surface area (Å²) < 4.78 is 0. The molecule has 0 bridgehead atoms. The fourth-order valence-electron chi connectivity index (χ4n) is 2.10. The van der Waals surface area contributed by atoms with Gasteiger partial charge in [0.2, 0.25) is 0 Å². The lowest BCUT2D eigenvalue weighted by molar-refractivity contribution is 0.742. The van der Waals surface area contributed by atoms with Crippen molar-refractivity contribution in [2.75, 3.05) is 5.73 Å². The second-order valence-corrected chi connectivity index (χ2v) is 4.11. The zero-order valence-corrected chi connectivity index (χ0v) is 8.72. The van der Waals surface area contributed by atoms with E-state index in [0.29, 0.717) is 0 Å². The number of aryl methyl sites for hydroxylation is 1. The van der Waals surface area contributed by atoms with Crippen LogP contribution in [-0.4, -0.2) is 0 Å². The van der Waals surface area contributed by atoms with Crippen LogP contribution in [0.2, 0.25) is 0 Å². The van der Waals surface area contributed by atoms with Crippen molar-refractivity contribution in [1.82, 2.24) is 0 Å². The monoisotopic (exact) mass is 187 g/mol. The molecule has 2 N–H and O–H groups in total. The van der Waals surface area contributed by atoms with Gasteiger partial charge in [-0.25, -0.2) is 0 Å². The maximum atomic E-state index is 5.84. The highest BCUT2D eigenvalue weighted by atomic mass is 14.5. The van der Waals surface area contributed by atoms with Crippen LogP contribution in [0, 0.1) is 6.92 Å². The standard InChI is InChI=1S/C13H17N/c1-10-7-12(9-13(14)8-10)11-5-3-2-4-6-11/h5,7-9H,2-4,6,14H2,1H3. The van der Waals surface area contributed by atoms with Gasteiger partial charge in [0.25, 0.3) is 0 Å². The third kappa shape index (κ3) is 1.98. The first kappa shape index (κ1) is 9.32. The van der Waals surface area contributed by atoms with Gasteiger partial charge in [-0.15, -0.1) is 0 Å². The van der Waals surface area contributed by atoms with Crippen molar-refractivity contribution in [3.63, 3.8) is 0 Å². The average molecular weight is 187 g/mol. The maximum absolute atomic E-state index is 5.84. The smallest absolute Gasteiger partial charge is 0.0322 e. The van der Waals surface area contributed by atoms with Gasteiger partial charge < -0.3 is 5.73 Å². The summed E-state index contributed by atoms with van der Waals surface area (Å²) in [4.78, 5) is 0. The van der Waals surface area contributed by atoms with Gasteiger partial charge in [0.1, 0.15) is 0 Å². The number of rotatable bonds is 1. The normalized spacial score (nSPS) is 16.5. The molecule has 1 heteroatoms. The lowest BCUT2D eigenvalue weighted by Gasteiger charge is -2.13. The van der Waals surface area contributed by atoms with Crippen molar-refractivity contribution < 1.29 is 0 Å². The molecule has 14 heavy (non-hydrogen) atoms. The minimum Gasteiger partial charge on any atom is -0.399 e. The van der Waals surface area contributed by atoms with Crippen molar-refractivity contribution >= 4 is 11.3 Å². The second kappa shape index (κ2) is 3.87. The molecule has 0 radical (unpaired) electrons. The Hall–Kier alpha value is -1.24. The molecule has 0 heterocycles. The van der Waals surface area contributed by atoms with Crippen LogP contribution in [0.5, 0.6) is 0 Å². The molecule has 0 fully saturated rings. The molecule has 1 aromatic carbocycles. The highest BCUT2D eigenvalue weighted by Crippen LogP contribution is 2.28. The zero-order chi connectivity index (χ0) is 9.97. The number of anilines is 1. The van der Waals surface area contributed by atoms with Gasteiger partial charge in [-0.05, 0) is 61.4 Å².